The second kappa shape index (κ2) is 7.52. The molecule has 0 aliphatic carbocycles. The molecular formula is C14H10ClN3O4S. The van der Waals surface area contributed by atoms with Crippen LogP contribution in [0, 0.1) is 10.1 Å². The minimum Gasteiger partial charge on any atom is -0.268 e. The van der Waals surface area contributed by atoms with Gasteiger partial charge in [0.05, 0.1) is 4.92 Å². The smallest absolute Gasteiger partial charge is 0.268 e. The Bertz CT molecular complexity index is 774. The quantitative estimate of drug-likeness (QED) is 0.502. The second-order valence-electron chi connectivity index (χ2n) is 4.22. The van der Waals surface area contributed by atoms with E-state index in [1.54, 1.807) is 6.08 Å². The number of hydrogen-bond donors (Lipinski definition) is 2. The molecular weight excluding hydrogens is 342 g/mol. The third-order valence-corrected chi connectivity index (χ3v) is 3.80. The van der Waals surface area contributed by atoms with E-state index >= 15 is 0 Å². The summed E-state index contributed by atoms with van der Waals surface area (Å²) in [7, 11) is 0. The van der Waals surface area contributed by atoms with Crippen molar-refractivity contribution in [2.75, 3.05) is 0 Å². The molecule has 2 N–H and O–H groups in total. The van der Waals surface area contributed by atoms with Crippen molar-refractivity contribution in [3.8, 4) is 0 Å². The molecule has 0 unspecified atom stereocenters. The molecule has 0 aliphatic rings. The summed E-state index contributed by atoms with van der Waals surface area (Å²) in [4.78, 5) is 34.4. The Hall–Kier alpha value is -2.71. The van der Waals surface area contributed by atoms with Crippen LogP contribution in [0.3, 0.4) is 0 Å². The zero-order valence-electron chi connectivity index (χ0n) is 11.5. The lowest BCUT2D eigenvalue weighted by Gasteiger charge is -2.05. The average Bonchev–Trinajstić information content (AvgIpc) is 3.04. The topological polar surface area (TPSA) is 101 Å². The Balaban J connectivity index is 1.95. The second-order valence-corrected chi connectivity index (χ2v) is 5.60. The first-order valence-electron chi connectivity index (χ1n) is 6.23. The van der Waals surface area contributed by atoms with E-state index in [2.05, 4.69) is 10.9 Å². The maximum atomic E-state index is 11.9. The van der Waals surface area contributed by atoms with Crippen LogP contribution >= 0.6 is 22.9 Å². The van der Waals surface area contributed by atoms with Gasteiger partial charge in [-0.15, -0.1) is 11.3 Å². The highest BCUT2D eigenvalue weighted by molar-refractivity contribution is 7.10. The molecule has 2 amide bonds. The molecule has 0 radical (unpaired) electrons. The lowest BCUT2D eigenvalue weighted by molar-refractivity contribution is -0.384. The fraction of sp³-hybridized carbons (Fsp3) is 0. The van der Waals surface area contributed by atoms with Gasteiger partial charge in [-0.3, -0.25) is 30.6 Å². The zero-order valence-corrected chi connectivity index (χ0v) is 13.1. The lowest BCUT2D eigenvalue weighted by atomic mass is 10.2. The molecule has 0 aliphatic heterocycles. The van der Waals surface area contributed by atoms with Crippen LogP contribution in [0.5, 0.6) is 0 Å². The highest BCUT2D eigenvalue weighted by Crippen LogP contribution is 2.24. The van der Waals surface area contributed by atoms with Gasteiger partial charge in [0.15, 0.2) is 0 Å². The number of benzene rings is 1. The van der Waals surface area contributed by atoms with Gasteiger partial charge in [-0.2, -0.15) is 0 Å². The van der Waals surface area contributed by atoms with Crippen molar-refractivity contribution in [2.45, 2.75) is 0 Å². The minimum absolute atomic E-state index is 0.00337. The standard InChI is InChI=1S/C14H10ClN3O4S/c15-11-5-3-9(8-12(11)18(21)22)14(20)17-16-13(19)6-4-10-2-1-7-23-10/h1-8H,(H,16,19)(H,17,20). The number of hydrogen-bond acceptors (Lipinski definition) is 5. The highest BCUT2D eigenvalue weighted by Gasteiger charge is 2.16. The Labute approximate surface area is 139 Å². The summed E-state index contributed by atoms with van der Waals surface area (Å²) in [5.41, 5.74) is 3.96. The Morgan fingerprint density at radius 2 is 2.04 bits per heavy atom. The van der Waals surface area contributed by atoms with Gasteiger partial charge in [-0.25, -0.2) is 0 Å². The number of carbonyl (C=O) groups is 2. The largest absolute Gasteiger partial charge is 0.288 e. The predicted molar refractivity (Wildman–Crippen MR) is 87.1 cm³/mol. The summed E-state index contributed by atoms with van der Waals surface area (Å²) in [6.45, 7) is 0. The van der Waals surface area contributed by atoms with Crippen molar-refractivity contribution in [1.29, 1.82) is 0 Å². The van der Waals surface area contributed by atoms with E-state index < -0.39 is 16.7 Å². The summed E-state index contributed by atoms with van der Waals surface area (Å²) in [5.74, 6) is -1.22. The van der Waals surface area contributed by atoms with Crippen LogP contribution in [0.25, 0.3) is 6.08 Å². The number of nitro benzene ring substituents is 1. The fourth-order valence-corrected chi connectivity index (χ4v) is 2.37. The van der Waals surface area contributed by atoms with E-state index in [0.29, 0.717) is 0 Å². The Morgan fingerprint density at radius 3 is 2.70 bits per heavy atom. The molecule has 2 aromatic rings. The first kappa shape index (κ1) is 16.7. The number of nitro groups is 1. The number of hydrazine groups is 1. The summed E-state index contributed by atoms with van der Waals surface area (Å²) >= 11 is 7.12. The van der Waals surface area contributed by atoms with Crippen molar-refractivity contribution in [2.24, 2.45) is 0 Å². The third-order valence-electron chi connectivity index (χ3n) is 2.65. The van der Waals surface area contributed by atoms with Gasteiger partial charge in [0.1, 0.15) is 5.02 Å². The van der Waals surface area contributed by atoms with Gasteiger partial charge in [0.2, 0.25) is 0 Å². The van der Waals surface area contributed by atoms with Gasteiger partial charge >= 0.3 is 0 Å². The monoisotopic (exact) mass is 351 g/mol. The number of nitrogens with zero attached hydrogens (tertiary/aromatic N) is 1. The number of thiophene rings is 1. The van der Waals surface area contributed by atoms with E-state index in [9.17, 15) is 19.7 Å². The zero-order chi connectivity index (χ0) is 16.8. The molecule has 0 spiro atoms. The van der Waals surface area contributed by atoms with E-state index in [1.165, 1.54) is 29.5 Å². The summed E-state index contributed by atoms with van der Waals surface area (Å²) < 4.78 is 0. The molecule has 0 fully saturated rings. The van der Waals surface area contributed by atoms with Crippen LogP contribution in [0.4, 0.5) is 5.69 Å². The first-order valence-corrected chi connectivity index (χ1v) is 7.49. The summed E-state index contributed by atoms with van der Waals surface area (Å²) in [5, 5.41) is 12.6. The molecule has 0 saturated carbocycles. The Kier molecular flexibility index (Phi) is 5.45. The molecule has 23 heavy (non-hydrogen) atoms. The number of amides is 2. The molecule has 0 bridgehead atoms. The first-order chi connectivity index (χ1) is 11.0. The van der Waals surface area contributed by atoms with E-state index in [-0.39, 0.29) is 16.3 Å². The van der Waals surface area contributed by atoms with Crippen molar-refractivity contribution in [1.82, 2.24) is 10.9 Å². The molecule has 0 saturated heterocycles. The van der Waals surface area contributed by atoms with Crippen molar-refractivity contribution in [3.05, 3.63) is 67.4 Å². The maximum absolute atomic E-state index is 11.9. The van der Waals surface area contributed by atoms with Crippen molar-refractivity contribution in [3.63, 3.8) is 0 Å². The average molecular weight is 352 g/mol. The number of rotatable bonds is 4. The molecule has 1 aromatic heterocycles. The molecule has 1 aromatic carbocycles. The number of nitrogens with one attached hydrogen (secondary N) is 2. The number of halogens is 1. The van der Waals surface area contributed by atoms with Gasteiger partial charge in [-0.05, 0) is 29.7 Å². The summed E-state index contributed by atoms with van der Waals surface area (Å²) in [6, 6.07) is 7.27. The molecule has 118 valence electrons. The highest BCUT2D eigenvalue weighted by atomic mass is 35.5. The van der Waals surface area contributed by atoms with Crippen LogP contribution in [0.1, 0.15) is 15.2 Å². The van der Waals surface area contributed by atoms with Gasteiger partial charge < -0.3 is 0 Å². The van der Waals surface area contributed by atoms with Crippen LogP contribution in [0.2, 0.25) is 5.02 Å². The molecule has 9 heteroatoms. The van der Waals surface area contributed by atoms with Crippen LogP contribution in [-0.2, 0) is 4.79 Å². The van der Waals surface area contributed by atoms with Gasteiger partial charge in [-0.1, -0.05) is 17.7 Å². The summed E-state index contributed by atoms with van der Waals surface area (Å²) in [6.07, 6.45) is 2.86. The van der Waals surface area contributed by atoms with Gasteiger partial charge in [0, 0.05) is 22.6 Å². The van der Waals surface area contributed by atoms with E-state index in [0.717, 1.165) is 10.9 Å². The van der Waals surface area contributed by atoms with Crippen LogP contribution in [-0.4, -0.2) is 16.7 Å². The van der Waals surface area contributed by atoms with Crippen molar-refractivity contribution >= 4 is 46.5 Å². The fourth-order valence-electron chi connectivity index (χ4n) is 1.57. The van der Waals surface area contributed by atoms with Crippen LogP contribution in [0.15, 0.2) is 41.8 Å². The van der Waals surface area contributed by atoms with E-state index in [1.807, 2.05) is 17.5 Å². The Morgan fingerprint density at radius 1 is 1.26 bits per heavy atom. The van der Waals surface area contributed by atoms with Crippen molar-refractivity contribution < 1.29 is 14.5 Å². The minimum atomic E-state index is -0.693. The predicted octanol–water partition coefficient (Wildman–Crippen LogP) is 2.78. The van der Waals surface area contributed by atoms with Gasteiger partial charge in [0.25, 0.3) is 17.5 Å². The van der Waals surface area contributed by atoms with E-state index in [4.69, 9.17) is 11.6 Å². The lowest BCUT2D eigenvalue weighted by Crippen LogP contribution is -2.40. The third kappa shape index (κ3) is 4.63. The molecule has 2 rings (SSSR count). The van der Waals surface area contributed by atoms with Crippen LogP contribution < -0.4 is 10.9 Å². The molecule has 0 atom stereocenters. The normalized spacial score (nSPS) is 10.5. The molecule has 1 heterocycles. The molecule has 7 nitrogen and oxygen atoms in total. The maximum Gasteiger partial charge on any atom is 0.288 e. The number of carbonyl (C=O) groups excluding carboxylic acids is 2. The SMILES string of the molecule is O=C(C=Cc1cccs1)NNC(=O)c1ccc(Cl)c([N+](=O)[O-])c1.